The van der Waals surface area contributed by atoms with Crippen molar-refractivity contribution in [3.8, 4) is 0 Å². The SMILES string of the molecule is CN(CC1CCCCC1)C(=O)CN1CCN(CC(=O)Nc2ccc(Cl)c(C(F)(F)F)c2)CC1. The number of rotatable bonds is 7. The Kier molecular flexibility index (Phi) is 9.01. The number of nitrogens with zero attached hydrogens (tertiary/aromatic N) is 3. The summed E-state index contributed by atoms with van der Waals surface area (Å²) < 4.78 is 39.0. The first-order valence-corrected chi connectivity index (χ1v) is 11.8. The maximum absolute atomic E-state index is 13.0. The molecule has 3 rings (SSSR count). The lowest BCUT2D eigenvalue weighted by molar-refractivity contribution is -0.137. The molecule has 0 unspecified atom stereocenters. The predicted octanol–water partition coefficient (Wildman–Crippen LogP) is 3.95. The number of piperazine rings is 1. The number of nitrogens with one attached hydrogen (secondary N) is 1. The van der Waals surface area contributed by atoms with Crippen molar-refractivity contribution >= 4 is 29.1 Å². The first kappa shape index (κ1) is 25.8. The van der Waals surface area contributed by atoms with E-state index in [0.717, 1.165) is 18.7 Å². The van der Waals surface area contributed by atoms with Gasteiger partial charge in [0.2, 0.25) is 11.8 Å². The van der Waals surface area contributed by atoms with Crippen LogP contribution in [0.1, 0.15) is 37.7 Å². The molecule has 33 heavy (non-hydrogen) atoms. The largest absolute Gasteiger partial charge is 0.417 e. The van der Waals surface area contributed by atoms with Crippen LogP contribution in [0.25, 0.3) is 0 Å². The van der Waals surface area contributed by atoms with Crippen LogP contribution in [0.3, 0.4) is 0 Å². The molecule has 1 heterocycles. The lowest BCUT2D eigenvalue weighted by Gasteiger charge is -2.35. The second kappa shape index (κ2) is 11.5. The molecule has 0 bridgehead atoms. The minimum Gasteiger partial charge on any atom is -0.344 e. The molecule has 0 aromatic heterocycles. The highest BCUT2D eigenvalue weighted by molar-refractivity contribution is 6.31. The fourth-order valence-electron chi connectivity index (χ4n) is 4.50. The number of amides is 2. The molecular formula is C23H32ClF3N4O2. The maximum Gasteiger partial charge on any atom is 0.417 e. The minimum absolute atomic E-state index is 0.0574. The number of hydrogen-bond acceptors (Lipinski definition) is 4. The van der Waals surface area contributed by atoms with Crippen LogP contribution in [0.2, 0.25) is 5.02 Å². The molecule has 1 aliphatic heterocycles. The third kappa shape index (κ3) is 7.86. The van der Waals surface area contributed by atoms with Gasteiger partial charge in [0.25, 0.3) is 0 Å². The summed E-state index contributed by atoms with van der Waals surface area (Å²) in [6.45, 7) is 3.81. The average Bonchev–Trinajstić information content (AvgIpc) is 2.76. The van der Waals surface area contributed by atoms with Gasteiger partial charge in [-0.2, -0.15) is 13.2 Å². The molecule has 0 spiro atoms. The molecule has 10 heteroatoms. The Bertz CT molecular complexity index is 822. The lowest BCUT2D eigenvalue weighted by Crippen LogP contribution is -2.51. The van der Waals surface area contributed by atoms with E-state index in [4.69, 9.17) is 11.6 Å². The molecule has 184 valence electrons. The summed E-state index contributed by atoms with van der Waals surface area (Å²) in [7, 11) is 1.87. The Morgan fingerprint density at radius 3 is 2.27 bits per heavy atom. The van der Waals surface area contributed by atoms with Gasteiger partial charge >= 0.3 is 6.18 Å². The fraction of sp³-hybridized carbons (Fsp3) is 0.652. The molecular weight excluding hydrogens is 457 g/mol. The van der Waals surface area contributed by atoms with Crippen molar-refractivity contribution in [3.05, 3.63) is 28.8 Å². The van der Waals surface area contributed by atoms with Crippen molar-refractivity contribution < 1.29 is 22.8 Å². The van der Waals surface area contributed by atoms with Crippen LogP contribution in [0.4, 0.5) is 18.9 Å². The van der Waals surface area contributed by atoms with Gasteiger partial charge < -0.3 is 10.2 Å². The smallest absolute Gasteiger partial charge is 0.344 e. The third-order valence-corrected chi connectivity index (χ3v) is 6.76. The molecule has 1 saturated heterocycles. The number of anilines is 1. The van der Waals surface area contributed by atoms with E-state index in [1.807, 2.05) is 16.8 Å². The summed E-state index contributed by atoms with van der Waals surface area (Å²) in [6, 6.07) is 3.32. The zero-order chi connectivity index (χ0) is 24.0. The standard InChI is InChI=1S/C23H32ClF3N4O2/c1-29(14-17-5-3-2-4-6-17)22(33)16-31-11-9-30(10-12-31)15-21(32)28-18-7-8-20(24)19(13-18)23(25,26)27/h7-8,13,17H,2-6,9-12,14-16H2,1H3,(H,28,32). The van der Waals surface area contributed by atoms with Gasteiger partial charge in [0.15, 0.2) is 0 Å². The summed E-state index contributed by atoms with van der Waals surface area (Å²) in [5.74, 6) is 0.341. The van der Waals surface area contributed by atoms with Gasteiger partial charge in [0, 0.05) is 45.5 Å². The molecule has 0 radical (unpaired) electrons. The van der Waals surface area contributed by atoms with E-state index < -0.39 is 16.8 Å². The summed E-state index contributed by atoms with van der Waals surface area (Å²) in [5, 5.41) is 2.11. The molecule has 2 amide bonds. The summed E-state index contributed by atoms with van der Waals surface area (Å²) >= 11 is 5.62. The highest BCUT2D eigenvalue weighted by Crippen LogP contribution is 2.36. The molecule has 2 aliphatic rings. The van der Waals surface area contributed by atoms with Crippen molar-refractivity contribution in [1.29, 1.82) is 0 Å². The topological polar surface area (TPSA) is 55.9 Å². The van der Waals surface area contributed by atoms with Gasteiger partial charge in [-0.05, 0) is 37.0 Å². The van der Waals surface area contributed by atoms with Crippen LogP contribution in [0, 0.1) is 5.92 Å². The zero-order valence-electron chi connectivity index (χ0n) is 19.0. The van der Waals surface area contributed by atoms with E-state index in [2.05, 4.69) is 10.2 Å². The summed E-state index contributed by atoms with van der Waals surface area (Å²) in [6.07, 6.45) is 1.62. The van der Waals surface area contributed by atoms with Crippen molar-refractivity contribution in [2.75, 3.05) is 58.2 Å². The Balaban J connectivity index is 1.40. The average molecular weight is 489 g/mol. The second-order valence-electron chi connectivity index (χ2n) is 9.07. The first-order chi connectivity index (χ1) is 15.6. The fourth-order valence-corrected chi connectivity index (χ4v) is 4.72. The van der Waals surface area contributed by atoms with Crippen molar-refractivity contribution in [2.24, 2.45) is 5.92 Å². The number of alkyl halides is 3. The number of hydrogen-bond donors (Lipinski definition) is 1. The number of carbonyl (C=O) groups is 2. The van der Waals surface area contributed by atoms with Crippen molar-refractivity contribution in [3.63, 3.8) is 0 Å². The van der Waals surface area contributed by atoms with E-state index in [1.54, 1.807) is 0 Å². The molecule has 2 fully saturated rings. The molecule has 1 aliphatic carbocycles. The maximum atomic E-state index is 13.0. The van der Waals surface area contributed by atoms with Crippen LogP contribution in [0.15, 0.2) is 18.2 Å². The van der Waals surface area contributed by atoms with Gasteiger partial charge in [-0.3, -0.25) is 19.4 Å². The van der Waals surface area contributed by atoms with Crippen LogP contribution < -0.4 is 5.32 Å². The molecule has 1 saturated carbocycles. The lowest BCUT2D eigenvalue weighted by atomic mass is 9.89. The Morgan fingerprint density at radius 2 is 1.67 bits per heavy atom. The van der Waals surface area contributed by atoms with E-state index in [-0.39, 0.29) is 24.0 Å². The monoisotopic (exact) mass is 488 g/mol. The summed E-state index contributed by atoms with van der Waals surface area (Å²) in [4.78, 5) is 30.8. The molecule has 6 nitrogen and oxygen atoms in total. The predicted molar refractivity (Wildman–Crippen MR) is 122 cm³/mol. The van der Waals surface area contributed by atoms with Gasteiger partial charge in [0.05, 0.1) is 23.7 Å². The van der Waals surface area contributed by atoms with Gasteiger partial charge in [-0.1, -0.05) is 30.9 Å². The van der Waals surface area contributed by atoms with Crippen LogP contribution in [-0.2, 0) is 15.8 Å². The van der Waals surface area contributed by atoms with E-state index in [1.165, 1.54) is 38.2 Å². The van der Waals surface area contributed by atoms with Crippen LogP contribution in [0.5, 0.6) is 0 Å². The quantitative estimate of drug-likeness (QED) is 0.631. The number of likely N-dealkylation sites (N-methyl/N-ethyl adjacent to an activating group) is 1. The minimum atomic E-state index is -4.59. The Morgan fingerprint density at radius 1 is 1.06 bits per heavy atom. The summed E-state index contributed by atoms with van der Waals surface area (Å²) in [5.41, 5.74) is -0.921. The Hall–Kier alpha value is -1.84. The Labute approximate surface area is 198 Å². The van der Waals surface area contributed by atoms with Crippen molar-refractivity contribution in [2.45, 2.75) is 38.3 Å². The normalized spacial score (nSPS) is 18.8. The molecule has 1 aromatic rings. The van der Waals surface area contributed by atoms with Crippen LogP contribution >= 0.6 is 11.6 Å². The van der Waals surface area contributed by atoms with Gasteiger partial charge in [0.1, 0.15) is 0 Å². The zero-order valence-corrected chi connectivity index (χ0v) is 19.7. The number of halogens is 4. The van der Waals surface area contributed by atoms with E-state index >= 15 is 0 Å². The van der Waals surface area contributed by atoms with Gasteiger partial charge in [-0.15, -0.1) is 0 Å². The van der Waals surface area contributed by atoms with E-state index in [0.29, 0.717) is 38.6 Å². The van der Waals surface area contributed by atoms with Crippen molar-refractivity contribution in [1.82, 2.24) is 14.7 Å². The molecule has 1 aromatic carbocycles. The third-order valence-electron chi connectivity index (χ3n) is 6.43. The highest BCUT2D eigenvalue weighted by Gasteiger charge is 2.33. The first-order valence-electron chi connectivity index (χ1n) is 11.5. The molecule has 1 N–H and O–H groups in total. The highest BCUT2D eigenvalue weighted by atomic mass is 35.5. The van der Waals surface area contributed by atoms with Gasteiger partial charge in [-0.25, -0.2) is 0 Å². The number of carbonyl (C=O) groups excluding carboxylic acids is 2. The van der Waals surface area contributed by atoms with Crippen LogP contribution in [-0.4, -0.2) is 79.4 Å². The second-order valence-corrected chi connectivity index (χ2v) is 9.48. The van der Waals surface area contributed by atoms with E-state index in [9.17, 15) is 22.8 Å². The number of benzene rings is 1. The molecule has 0 atom stereocenters.